The lowest BCUT2D eigenvalue weighted by molar-refractivity contribution is -0.143. The van der Waals surface area contributed by atoms with Crippen molar-refractivity contribution in [1.29, 1.82) is 0 Å². The van der Waals surface area contributed by atoms with Crippen LogP contribution in [0.3, 0.4) is 0 Å². The first-order valence-electron chi connectivity index (χ1n) is 9.91. The minimum Gasteiger partial charge on any atom is -0.508 e. The molecule has 2 atom stereocenters. The van der Waals surface area contributed by atoms with Crippen molar-refractivity contribution >= 4 is 12.0 Å². The molecule has 2 heterocycles. The molecule has 1 N–H and O–H groups in total. The van der Waals surface area contributed by atoms with Crippen LogP contribution in [-0.4, -0.2) is 64.4 Å². The van der Waals surface area contributed by atoms with E-state index in [0.29, 0.717) is 31.7 Å². The lowest BCUT2D eigenvalue weighted by Gasteiger charge is -2.42. The molecular weight excluding hydrogens is 360 g/mol. The summed E-state index contributed by atoms with van der Waals surface area (Å²) in [5, 5.41) is 10.1. The molecule has 2 aliphatic heterocycles. The number of nitrogens with zero attached hydrogens (tertiary/aromatic N) is 2. The van der Waals surface area contributed by atoms with Gasteiger partial charge in [0.2, 0.25) is 5.91 Å². The van der Waals surface area contributed by atoms with E-state index in [2.05, 4.69) is 0 Å². The Morgan fingerprint density at radius 2 is 2.04 bits per heavy atom. The molecule has 0 aliphatic carbocycles. The number of phenolic OH excluding ortho intramolecular Hbond substituents is 1. The number of benzene rings is 1. The Morgan fingerprint density at radius 1 is 1.29 bits per heavy atom. The van der Waals surface area contributed by atoms with Crippen LogP contribution >= 0.6 is 0 Å². The van der Waals surface area contributed by atoms with E-state index in [1.165, 1.54) is 4.90 Å². The van der Waals surface area contributed by atoms with E-state index in [9.17, 15) is 14.7 Å². The summed E-state index contributed by atoms with van der Waals surface area (Å²) >= 11 is 0. The van der Waals surface area contributed by atoms with Gasteiger partial charge in [-0.25, -0.2) is 4.79 Å². The summed E-state index contributed by atoms with van der Waals surface area (Å²) in [6.07, 6.45) is 2.03. The second-order valence-corrected chi connectivity index (χ2v) is 8.46. The van der Waals surface area contributed by atoms with Crippen LogP contribution in [0, 0.1) is 0 Å². The molecule has 0 radical (unpaired) electrons. The maximum absolute atomic E-state index is 13.2. The quantitative estimate of drug-likeness (QED) is 0.836. The molecule has 28 heavy (non-hydrogen) atoms. The number of rotatable bonds is 5. The highest BCUT2D eigenvalue weighted by atomic mass is 16.6. The van der Waals surface area contributed by atoms with E-state index in [-0.39, 0.29) is 24.3 Å². The van der Waals surface area contributed by atoms with Gasteiger partial charge in [-0.3, -0.25) is 9.69 Å². The highest BCUT2D eigenvalue weighted by Crippen LogP contribution is 2.26. The lowest BCUT2D eigenvalue weighted by Crippen LogP contribution is -2.60. The molecule has 0 bridgehead atoms. The number of carbonyl (C=O) groups is 2. The first kappa shape index (κ1) is 20.5. The number of aromatic hydroxyl groups is 1. The number of likely N-dealkylation sites (tertiary alicyclic amines) is 1. The van der Waals surface area contributed by atoms with Crippen LogP contribution < -0.4 is 0 Å². The number of hydrogen-bond acceptors (Lipinski definition) is 5. The van der Waals surface area contributed by atoms with Crippen molar-refractivity contribution in [2.75, 3.05) is 19.7 Å². The average molecular weight is 390 g/mol. The van der Waals surface area contributed by atoms with E-state index in [1.54, 1.807) is 23.1 Å². The second kappa shape index (κ2) is 8.39. The molecule has 0 aromatic heterocycles. The van der Waals surface area contributed by atoms with Crippen LogP contribution in [0.15, 0.2) is 24.3 Å². The molecule has 3 rings (SSSR count). The summed E-state index contributed by atoms with van der Waals surface area (Å²) in [5.74, 6) is 0.0288. The van der Waals surface area contributed by atoms with E-state index >= 15 is 0 Å². The molecule has 0 saturated carbocycles. The van der Waals surface area contributed by atoms with Crippen molar-refractivity contribution < 1.29 is 24.2 Å². The molecule has 2 amide bonds. The van der Waals surface area contributed by atoms with Crippen molar-refractivity contribution in [2.45, 2.75) is 64.3 Å². The van der Waals surface area contributed by atoms with E-state index in [1.807, 2.05) is 26.8 Å². The van der Waals surface area contributed by atoms with Crippen molar-refractivity contribution in [3.63, 3.8) is 0 Å². The number of carbonyl (C=O) groups excluding carboxylic acids is 2. The minimum absolute atomic E-state index is 0.00939. The van der Waals surface area contributed by atoms with Gasteiger partial charge in [0.15, 0.2) is 0 Å². The van der Waals surface area contributed by atoms with Crippen molar-refractivity contribution in [3.8, 4) is 5.75 Å². The highest BCUT2D eigenvalue weighted by molar-refractivity contribution is 5.87. The smallest absolute Gasteiger partial charge is 0.410 e. The predicted octanol–water partition coefficient (Wildman–Crippen LogP) is 2.91. The van der Waals surface area contributed by atoms with Crippen LogP contribution in [0.2, 0.25) is 0 Å². The van der Waals surface area contributed by atoms with Crippen LogP contribution in [0.1, 0.15) is 45.6 Å². The van der Waals surface area contributed by atoms with Gasteiger partial charge in [-0.1, -0.05) is 18.2 Å². The molecule has 1 unspecified atom stereocenters. The highest BCUT2D eigenvalue weighted by Gasteiger charge is 2.42. The third-order valence-electron chi connectivity index (χ3n) is 5.05. The summed E-state index contributed by atoms with van der Waals surface area (Å²) in [5.41, 5.74) is 0.0741. The molecule has 0 spiro atoms. The lowest BCUT2D eigenvalue weighted by atomic mass is 10.0. The zero-order valence-electron chi connectivity index (χ0n) is 16.9. The van der Waals surface area contributed by atoms with E-state index in [0.717, 1.165) is 12.8 Å². The topological polar surface area (TPSA) is 79.3 Å². The maximum Gasteiger partial charge on any atom is 0.410 e. The molecule has 154 valence electrons. The Hall–Kier alpha value is -2.28. The van der Waals surface area contributed by atoms with Crippen LogP contribution in [0.5, 0.6) is 5.75 Å². The molecule has 1 aromatic rings. The molecule has 2 saturated heterocycles. The van der Waals surface area contributed by atoms with Gasteiger partial charge in [-0.05, 0) is 46.1 Å². The molecular formula is C21H30N2O5. The normalized spacial score (nSPS) is 21.9. The first-order valence-corrected chi connectivity index (χ1v) is 9.91. The number of para-hydroxylation sites is 1. The monoisotopic (exact) mass is 390 g/mol. The number of phenols is 1. The Morgan fingerprint density at radius 3 is 2.61 bits per heavy atom. The minimum atomic E-state index is -0.604. The third kappa shape index (κ3) is 4.95. The zero-order valence-corrected chi connectivity index (χ0v) is 16.9. The molecule has 7 nitrogen and oxygen atoms in total. The Bertz CT molecular complexity index is 709. The molecule has 1 aromatic carbocycles. The number of amides is 2. The van der Waals surface area contributed by atoms with Gasteiger partial charge < -0.3 is 19.5 Å². The second-order valence-electron chi connectivity index (χ2n) is 8.46. The van der Waals surface area contributed by atoms with Crippen molar-refractivity contribution in [3.05, 3.63) is 29.8 Å². The predicted molar refractivity (Wildman–Crippen MR) is 104 cm³/mol. The number of hydrogen-bond donors (Lipinski definition) is 1. The van der Waals surface area contributed by atoms with Gasteiger partial charge in [0.1, 0.15) is 17.4 Å². The fraction of sp³-hybridized carbons (Fsp3) is 0.619. The van der Waals surface area contributed by atoms with Gasteiger partial charge in [0.05, 0.1) is 6.10 Å². The maximum atomic E-state index is 13.2. The Labute approximate surface area is 166 Å². The van der Waals surface area contributed by atoms with Gasteiger partial charge in [0, 0.05) is 31.8 Å². The average Bonchev–Trinajstić information content (AvgIpc) is 3.06. The summed E-state index contributed by atoms with van der Waals surface area (Å²) in [6.45, 7) is 7.37. The fourth-order valence-corrected chi connectivity index (χ4v) is 3.51. The summed E-state index contributed by atoms with van der Waals surface area (Å²) in [6, 6.07) is 6.47. The van der Waals surface area contributed by atoms with Crippen LogP contribution in [0.4, 0.5) is 4.79 Å². The van der Waals surface area contributed by atoms with Crippen LogP contribution in [-0.2, 0) is 20.8 Å². The summed E-state index contributed by atoms with van der Waals surface area (Å²) < 4.78 is 11.1. The first-order chi connectivity index (χ1) is 13.2. The van der Waals surface area contributed by atoms with Gasteiger partial charge in [-0.15, -0.1) is 0 Å². The van der Waals surface area contributed by atoms with Gasteiger partial charge in [0.25, 0.3) is 0 Å². The summed E-state index contributed by atoms with van der Waals surface area (Å²) in [7, 11) is 0. The van der Waals surface area contributed by atoms with Crippen LogP contribution in [0.25, 0.3) is 0 Å². The Kier molecular flexibility index (Phi) is 6.13. The van der Waals surface area contributed by atoms with Gasteiger partial charge in [-0.2, -0.15) is 0 Å². The SMILES string of the molecule is CC(C)(C)OC(=O)N1CC[C@@H]1C(=O)N(Cc1ccccc1O)CC1CCCO1. The van der Waals surface area contributed by atoms with Crippen molar-refractivity contribution in [2.24, 2.45) is 0 Å². The Balaban J connectivity index is 1.72. The largest absolute Gasteiger partial charge is 0.508 e. The molecule has 7 heteroatoms. The standard InChI is InChI=1S/C21H30N2O5/c1-21(2,3)28-20(26)23-11-10-17(23)19(25)22(14-16-8-6-12-27-16)13-15-7-4-5-9-18(15)24/h4-5,7,9,16-17,24H,6,8,10-14H2,1-3H3/t16?,17-/m1/s1. The molecule has 2 fully saturated rings. The van der Waals surface area contributed by atoms with Crippen molar-refractivity contribution in [1.82, 2.24) is 9.80 Å². The van der Waals surface area contributed by atoms with Gasteiger partial charge >= 0.3 is 6.09 Å². The zero-order chi connectivity index (χ0) is 20.3. The van der Waals surface area contributed by atoms with E-state index in [4.69, 9.17) is 9.47 Å². The molecule has 2 aliphatic rings. The fourth-order valence-electron chi connectivity index (χ4n) is 3.51. The third-order valence-corrected chi connectivity index (χ3v) is 5.05. The summed E-state index contributed by atoms with van der Waals surface area (Å²) in [4.78, 5) is 28.8. The number of ether oxygens (including phenoxy) is 2. The van der Waals surface area contributed by atoms with E-state index < -0.39 is 17.7 Å².